The van der Waals surface area contributed by atoms with Crippen LogP contribution < -0.4 is 10.1 Å². The molecule has 1 N–H and O–H groups in total. The van der Waals surface area contributed by atoms with Gasteiger partial charge in [-0.15, -0.1) is 0 Å². The number of nitrogens with one attached hydrogen (secondary N) is 1. The van der Waals surface area contributed by atoms with Crippen LogP contribution in [0, 0.1) is 11.6 Å². The topological polar surface area (TPSA) is 41.6 Å². The smallest absolute Gasteiger partial charge is 0.241 e. The number of benzene rings is 2. The summed E-state index contributed by atoms with van der Waals surface area (Å²) in [4.78, 5) is 14.2. The summed E-state index contributed by atoms with van der Waals surface area (Å²) in [5.41, 5.74) is 0.860. The van der Waals surface area contributed by atoms with Crippen LogP contribution in [0.2, 0.25) is 0 Å². The van der Waals surface area contributed by atoms with Gasteiger partial charge >= 0.3 is 0 Å². The molecule has 0 aliphatic rings. The van der Waals surface area contributed by atoms with Crippen LogP contribution in [0.1, 0.15) is 12.5 Å². The summed E-state index contributed by atoms with van der Waals surface area (Å²) in [6.07, 6.45) is 0. The summed E-state index contributed by atoms with van der Waals surface area (Å²) in [5, 5.41) is 2.48. The molecule has 25 heavy (non-hydrogen) atoms. The third-order valence-electron chi connectivity index (χ3n) is 3.89. The number of amides is 1. The first kappa shape index (κ1) is 19.3. The van der Waals surface area contributed by atoms with Crippen molar-refractivity contribution in [2.75, 3.05) is 19.5 Å². The van der Waals surface area contributed by atoms with E-state index in [1.54, 1.807) is 26.0 Å². The number of carbonyl (C=O) groups excluding carboxylic acids is 1. The zero-order chi connectivity index (χ0) is 18.6. The monoisotopic (exact) mass is 412 g/mol. The molecule has 0 aliphatic heterocycles. The van der Waals surface area contributed by atoms with Gasteiger partial charge in [0.1, 0.15) is 17.4 Å². The molecule has 7 heteroatoms. The lowest BCUT2D eigenvalue weighted by Crippen LogP contribution is -2.39. The van der Waals surface area contributed by atoms with Gasteiger partial charge in [0.25, 0.3) is 0 Å². The van der Waals surface area contributed by atoms with E-state index in [0.29, 0.717) is 12.3 Å². The lowest BCUT2D eigenvalue weighted by molar-refractivity contribution is -0.120. The van der Waals surface area contributed by atoms with Gasteiger partial charge in [0.15, 0.2) is 0 Å². The highest BCUT2D eigenvalue weighted by molar-refractivity contribution is 9.10. The lowest BCUT2D eigenvalue weighted by Gasteiger charge is -2.25. The van der Waals surface area contributed by atoms with Gasteiger partial charge in [-0.05, 0) is 44.3 Å². The molecule has 2 aromatic rings. The van der Waals surface area contributed by atoms with Crippen LogP contribution in [-0.2, 0) is 11.3 Å². The van der Waals surface area contributed by atoms with Crippen molar-refractivity contribution in [2.45, 2.75) is 19.5 Å². The molecule has 0 spiro atoms. The van der Waals surface area contributed by atoms with Crippen molar-refractivity contribution in [1.29, 1.82) is 0 Å². The molecule has 0 fully saturated rings. The van der Waals surface area contributed by atoms with Crippen molar-refractivity contribution >= 4 is 27.5 Å². The number of ether oxygens (including phenoxy) is 1. The number of hydrogen-bond donors (Lipinski definition) is 1. The molecule has 0 aromatic heterocycles. The highest BCUT2D eigenvalue weighted by Crippen LogP contribution is 2.25. The Morgan fingerprint density at radius 2 is 2.00 bits per heavy atom. The summed E-state index contributed by atoms with van der Waals surface area (Å²) in [6, 6.07) is 8.12. The number of likely N-dealkylation sites (N-methyl/N-ethyl adjacent to an activating group) is 1. The second kappa shape index (κ2) is 8.40. The normalized spacial score (nSPS) is 12.1. The minimum atomic E-state index is -0.808. The van der Waals surface area contributed by atoms with Crippen LogP contribution in [0.15, 0.2) is 40.9 Å². The molecule has 1 amide bonds. The second-order valence-corrected chi connectivity index (χ2v) is 6.58. The Labute approximate surface area is 153 Å². The molecule has 2 rings (SSSR count). The number of halogens is 3. The predicted octanol–water partition coefficient (Wildman–Crippen LogP) is 4.19. The van der Waals surface area contributed by atoms with Gasteiger partial charge in [0, 0.05) is 22.6 Å². The molecule has 0 bridgehead atoms. The Morgan fingerprint density at radius 3 is 2.64 bits per heavy atom. The van der Waals surface area contributed by atoms with Gasteiger partial charge in [-0.2, -0.15) is 0 Å². The van der Waals surface area contributed by atoms with Gasteiger partial charge in [0.2, 0.25) is 5.91 Å². The maximum Gasteiger partial charge on any atom is 0.241 e. The van der Waals surface area contributed by atoms with E-state index in [9.17, 15) is 13.6 Å². The third kappa shape index (κ3) is 4.99. The van der Waals surface area contributed by atoms with Gasteiger partial charge in [0.05, 0.1) is 18.8 Å². The predicted molar refractivity (Wildman–Crippen MR) is 96.6 cm³/mol. The van der Waals surface area contributed by atoms with Crippen LogP contribution in [0.25, 0.3) is 0 Å². The van der Waals surface area contributed by atoms with Gasteiger partial charge < -0.3 is 10.1 Å². The number of nitrogens with zero attached hydrogens (tertiary/aromatic N) is 1. The summed E-state index contributed by atoms with van der Waals surface area (Å²) in [5.74, 6) is -1.17. The third-order valence-corrected chi connectivity index (χ3v) is 4.39. The molecular formula is C18H19BrF2N2O2. The average molecular weight is 413 g/mol. The molecule has 0 saturated carbocycles. The highest BCUT2D eigenvalue weighted by atomic mass is 79.9. The molecule has 0 radical (unpaired) electrons. The quantitative estimate of drug-likeness (QED) is 0.772. The molecule has 0 saturated heterocycles. The van der Waals surface area contributed by atoms with E-state index < -0.39 is 17.7 Å². The van der Waals surface area contributed by atoms with E-state index in [1.165, 1.54) is 6.07 Å². The Balaban J connectivity index is 2.07. The van der Waals surface area contributed by atoms with E-state index in [4.69, 9.17) is 4.74 Å². The molecule has 1 atom stereocenters. The fourth-order valence-electron chi connectivity index (χ4n) is 2.30. The van der Waals surface area contributed by atoms with Crippen LogP contribution in [0.5, 0.6) is 5.75 Å². The van der Waals surface area contributed by atoms with Crippen molar-refractivity contribution in [2.24, 2.45) is 0 Å². The van der Waals surface area contributed by atoms with Gasteiger partial charge in [-0.25, -0.2) is 8.78 Å². The molecule has 134 valence electrons. The first-order valence-corrected chi connectivity index (χ1v) is 8.39. The van der Waals surface area contributed by atoms with Crippen LogP contribution >= 0.6 is 15.9 Å². The zero-order valence-electron chi connectivity index (χ0n) is 14.1. The maximum atomic E-state index is 13.7. The SMILES string of the molecule is COc1ccc(Br)cc1CN(C)C(C)C(=O)Nc1ccc(F)cc1F. The molecule has 4 nitrogen and oxygen atoms in total. The fraction of sp³-hybridized carbons (Fsp3) is 0.278. The Kier molecular flexibility index (Phi) is 6.50. The molecule has 1 unspecified atom stereocenters. The highest BCUT2D eigenvalue weighted by Gasteiger charge is 2.20. The average Bonchev–Trinajstić information content (AvgIpc) is 2.56. The minimum Gasteiger partial charge on any atom is -0.496 e. The first-order chi connectivity index (χ1) is 11.8. The van der Waals surface area contributed by atoms with Gasteiger partial charge in [-0.1, -0.05) is 15.9 Å². The summed E-state index contributed by atoms with van der Waals surface area (Å²) >= 11 is 3.41. The molecule has 2 aromatic carbocycles. The van der Waals surface area contributed by atoms with Crippen LogP contribution in [0.3, 0.4) is 0 Å². The largest absolute Gasteiger partial charge is 0.496 e. The van der Waals surface area contributed by atoms with E-state index >= 15 is 0 Å². The van der Waals surface area contributed by atoms with Crippen molar-refractivity contribution < 1.29 is 18.3 Å². The Bertz CT molecular complexity index is 771. The van der Waals surface area contributed by atoms with E-state index in [1.807, 2.05) is 18.2 Å². The number of anilines is 1. The number of carbonyl (C=O) groups is 1. The first-order valence-electron chi connectivity index (χ1n) is 7.60. The Hall–Kier alpha value is -1.99. The van der Waals surface area contributed by atoms with Crippen LogP contribution in [-0.4, -0.2) is 31.0 Å². The van der Waals surface area contributed by atoms with E-state index in [-0.39, 0.29) is 11.6 Å². The van der Waals surface area contributed by atoms with E-state index in [0.717, 1.165) is 22.2 Å². The lowest BCUT2D eigenvalue weighted by atomic mass is 10.1. The minimum absolute atomic E-state index is 0.0494. The maximum absolute atomic E-state index is 13.7. The molecular weight excluding hydrogens is 394 g/mol. The standard InChI is InChI=1S/C18H19BrF2N2O2/c1-11(18(24)22-16-6-5-14(20)9-15(16)21)23(2)10-12-8-13(19)4-7-17(12)25-3/h4-9,11H,10H2,1-3H3,(H,22,24). The van der Waals surface area contributed by atoms with Crippen molar-refractivity contribution in [1.82, 2.24) is 4.90 Å². The van der Waals surface area contributed by atoms with Crippen molar-refractivity contribution in [3.05, 3.63) is 58.1 Å². The summed E-state index contributed by atoms with van der Waals surface area (Å²) < 4.78 is 32.9. The number of hydrogen-bond acceptors (Lipinski definition) is 3. The number of rotatable bonds is 6. The fourth-order valence-corrected chi connectivity index (χ4v) is 2.71. The second-order valence-electron chi connectivity index (χ2n) is 5.66. The molecule has 0 aliphatic carbocycles. The van der Waals surface area contributed by atoms with E-state index in [2.05, 4.69) is 21.2 Å². The zero-order valence-corrected chi connectivity index (χ0v) is 15.7. The van der Waals surface area contributed by atoms with Crippen molar-refractivity contribution in [3.8, 4) is 5.75 Å². The van der Waals surface area contributed by atoms with Crippen molar-refractivity contribution in [3.63, 3.8) is 0 Å². The molecule has 0 heterocycles. The van der Waals surface area contributed by atoms with Gasteiger partial charge in [-0.3, -0.25) is 9.69 Å². The van der Waals surface area contributed by atoms with Crippen LogP contribution in [0.4, 0.5) is 14.5 Å². The summed E-state index contributed by atoms with van der Waals surface area (Å²) in [6.45, 7) is 2.17. The summed E-state index contributed by atoms with van der Waals surface area (Å²) in [7, 11) is 3.37. The Morgan fingerprint density at radius 1 is 1.28 bits per heavy atom. The number of methoxy groups -OCH3 is 1.